The van der Waals surface area contributed by atoms with Gasteiger partial charge >= 0.3 is 0 Å². The van der Waals surface area contributed by atoms with Crippen molar-refractivity contribution < 1.29 is 9.59 Å². The van der Waals surface area contributed by atoms with Crippen molar-refractivity contribution in [1.29, 1.82) is 0 Å². The molecule has 30 heavy (non-hydrogen) atoms. The fourth-order valence-corrected chi connectivity index (χ4v) is 4.51. The number of rotatable bonds is 4. The Bertz CT molecular complexity index is 930. The summed E-state index contributed by atoms with van der Waals surface area (Å²) in [5.41, 5.74) is 10.6. The van der Waals surface area contributed by atoms with Crippen molar-refractivity contribution in [3.63, 3.8) is 0 Å². The molecular formula is C24H30ClN3O2. The van der Waals surface area contributed by atoms with Crippen LogP contribution in [0.25, 0.3) is 0 Å². The predicted molar refractivity (Wildman–Crippen MR) is 120 cm³/mol. The van der Waals surface area contributed by atoms with E-state index in [1.54, 1.807) is 4.90 Å². The molecular weight excluding hydrogens is 398 g/mol. The van der Waals surface area contributed by atoms with E-state index < -0.39 is 12.1 Å². The smallest absolute Gasteiger partial charge is 0.247 e. The summed E-state index contributed by atoms with van der Waals surface area (Å²) in [4.78, 5) is 28.2. The molecule has 2 aromatic rings. The Balaban J connectivity index is 0.00000256. The first-order valence-electron chi connectivity index (χ1n) is 10.5. The van der Waals surface area contributed by atoms with Crippen LogP contribution < -0.4 is 11.1 Å². The third-order valence-electron chi connectivity index (χ3n) is 6.22. The number of hydrogen-bond donors (Lipinski definition) is 2. The van der Waals surface area contributed by atoms with E-state index in [1.807, 2.05) is 50.2 Å². The molecule has 3 atom stereocenters. The van der Waals surface area contributed by atoms with Gasteiger partial charge in [0.2, 0.25) is 11.8 Å². The van der Waals surface area contributed by atoms with Gasteiger partial charge in [0.15, 0.2) is 0 Å². The highest BCUT2D eigenvalue weighted by molar-refractivity contribution is 5.92. The molecule has 0 fully saturated rings. The van der Waals surface area contributed by atoms with Crippen LogP contribution in [0.2, 0.25) is 0 Å². The van der Waals surface area contributed by atoms with Crippen LogP contribution in [-0.2, 0) is 22.6 Å². The van der Waals surface area contributed by atoms with Gasteiger partial charge in [0.1, 0.15) is 6.04 Å². The summed E-state index contributed by atoms with van der Waals surface area (Å²) in [6.07, 6.45) is 3.00. The second-order valence-electron chi connectivity index (χ2n) is 8.49. The maximum atomic E-state index is 13.4. The zero-order chi connectivity index (χ0) is 20.5. The minimum atomic E-state index is -0.627. The van der Waals surface area contributed by atoms with Crippen molar-refractivity contribution in [2.45, 2.75) is 57.8 Å². The molecule has 1 aliphatic carbocycles. The van der Waals surface area contributed by atoms with Gasteiger partial charge in [-0.05, 0) is 47.4 Å². The maximum absolute atomic E-state index is 13.4. The van der Waals surface area contributed by atoms with E-state index in [4.69, 9.17) is 5.73 Å². The van der Waals surface area contributed by atoms with Gasteiger partial charge in [0.25, 0.3) is 0 Å². The fraction of sp³-hybridized carbons (Fsp3) is 0.417. The Morgan fingerprint density at radius 2 is 1.67 bits per heavy atom. The van der Waals surface area contributed by atoms with E-state index in [2.05, 4.69) is 17.4 Å². The summed E-state index contributed by atoms with van der Waals surface area (Å²) in [6.45, 7) is 4.29. The lowest BCUT2D eigenvalue weighted by Gasteiger charge is -2.31. The average molecular weight is 428 g/mol. The van der Waals surface area contributed by atoms with Crippen LogP contribution in [-0.4, -0.2) is 22.8 Å². The van der Waals surface area contributed by atoms with E-state index in [-0.39, 0.29) is 36.2 Å². The van der Waals surface area contributed by atoms with Gasteiger partial charge in [-0.3, -0.25) is 9.59 Å². The first-order chi connectivity index (χ1) is 14.0. The van der Waals surface area contributed by atoms with E-state index >= 15 is 0 Å². The van der Waals surface area contributed by atoms with Crippen LogP contribution in [0.1, 0.15) is 61.0 Å². The number of nitrogens with two attached hydrogens (primary N) is 1. The first kappa shape index (κ1) is 22.3. The van der Waals surface area contributed by atoms with Crippen LogP contribution in [0.3, 0.4) is 0 Å². The molecule has 1 aliphatic heterocycles. The van der Waals surface area contributed by atoms with Crippen LogP contribution in [0.5, 0.6) is 0 Å². The van der Waals surface area contributed by atoms with Crippen LogP contribution in [0, 0.1) is 5.92 Å². The molecule has 1 unspecified atom stereocenters. The van der Waals surface area contributed by atoms with Gasteiger partial charge in [-0.25, -0.2) is 0 Å². The normalized spacial score (nSPS) is 20.7. The summed E-state index contributed by atoms with van der Waals surface area (Å²) in [5, 5.41) is 3.24. The van der Waals surface area contributed by atoms with E-state index in [0.717, 1.165) is 30.4 Å². The van der Waals surface area contributed by atoms with Gasteiger partial charge in [-0.1, -0.05) is 62.4 Å². The average Bonchev–Trinajstić information content (AvgIpc) is 3.12. The Morgan fingerprint density at radius 3 is 2.37 bits per heavy atom. The Morgan fingerprint density at radius 1 is 1.03 bits per heavy atom. The summed E-state index contributed by atoms with van der Waals surface area (Å²) in [7, 11) is 0. The zero-order valence-electron chi connectivity index (χ0n) is 17.5. The highest BCUT2D eigenvalue weighted by Gasteiger charge is 2.41. The third-order valence-corrected chi connectivity index (χ3v) is 6.22. The summed E-state index contributed by atoms with van der Waals surface area (Å²) >= 11 is 0. The number of nitrogens with one attached hydrogen (secondary N) is 1. The molecule has 2 aromatic carbocycles. The third kappa shape index (κ3) is 4.09. The molecule has 0 spiro atoms. The second kappa shape index (κ2) is 9.19. The minimum Gasteiger partial charge on any atom is -0.347 e. The number of halogens is 1. The van der Waals surface area contributed by atoms with Gasteiger partial charge in [-0.15, -0.1) is 12.4 Å². The molecule has 0 radical (unpaired) electrons. The van der Waals surface area contributed by atoms with Crippen LogP contribution in [0.4, 0.5) is 0 Å². The first-order valence-corrected chi connectivity index (χ1v) is 10.5. The number of carbonyl (C=O) groups excluding carboxylic acids is 2. The van der Waals surface area contributed by atoms with E-state index in [0.29, 0.717) is 6.54 Å². The van der Waals surface area contributed by atoms with Crippen molar-refractivity contribution in [2.75, 3.05) is 0 Å². The van der Waals surface area contributed by atoms with E-state index in [9.17, 15) is 9.59 Å². The number of benzene rings is 2. The Hall–Kier alpha value is -2.37. The molecule has 0 aromatic heterocycles. The lowest BCUT2D eigenvalue weighted by molar-refractivity contribution is -0.142. The number of carbonyl (C=O) groups is 2. The number of nitrogens with zero attached hydrogens (tertiary/aromatic N) is 1. The fourth-order valence-electron chi connectivity index (χ4n) is 4.51. The SMILES string of the molecule is CC(C)[C@H](N)C(=O)N1Cc2ccccc2C1C(=O)N[C@@H]1CCCc2ccccc21.Cl. The number of aryl methyl sites for hydroxylation is 1. The number of hydrogen-bond acceptors (Lipinski definition) is 3. The van der Waals surface area contributed by atoms with Crippen molar-refractivity contribution in [3.05, 3.63) is 70.8 Å². The molecule has 160 valence electrons. The van der Waals surface area contributed by atoms with Gasteiger partial charge in [0.05, 0.1) is 12.1 Å². The molecule has 0 saturated carbocycles. The van der Waals surface area contributed by atoms with Crippen molar-refractivity contribution in [3.8, 4) is 0 Å². The monoisotopic (exact) mass is 427 g/mol. The predicted octanol–water partition coefficient (Wildman–Crippen LogP) is 3.67. The minimum absolute atomic E-state index is 0. The summed E-state index contributed by atoms with van der Waals surface area (Å²) < 4.78 is 0. The summed E-state index contributed by atoms with van der Waals surface area (Å²) in [6, 6.07) is 14.8. The molecule has 2 amide bonds. The topological polar surface area (TPSA) is 75.4 Å². The van der Waals surface area contributed by atoms with Crippen molar-refractivity contribution >= 4 is 24.2 Å². The Kier molecular flexibility index (Phi) is 6.84. The van der Waals surface area contributed by atoms with Gasteiger partial charge < -0.3 is 16.0 Å². The number of fused-ring (bicyclic) bond motifs is 2. The molecule has 2 aliphatic rings. The van der Waals surface area contributed by atoms with Crippen LogP contribution >= 0.6 is 12.4 Å². The molecule has 1 heterocycles. The van der Waals surface area contributed by atoms with Crippen molar-refractivity contribution in [2.24, 2.45) is 11.7 Å². The highest BCUT2D eigenvalue weighted by atomic mass is 35.5. The molecule has 5 nitrogen and oxygen atoms in total. The van der Waals surface area contributed by atoms with Crippen LogP contribution in [0.15, 0.2) is 48.5 Å². The summed E-state index contributed by atoms with van der Waals surface area (Å²) in [5.74, 6) is -0.276. The second-order valence-corrected chi connectivity index (χ2v) is 8.49. The lowest BCUT2D eigenvalue weighted by Crippen LogP contribution is -2.49. The zero-order valence-corrected chi connectivity index (χ0v) is 18.3. The molecule has 4 rings (SSSR count). The Labute approximate surface area is 184 Å². The highest BCUT2D eigenvalue weighted by Crippen LogP contribution is 2.36. The maximum Gasteiger partial charge on any atom is 0.247 e. The van der Waals surface area contributed by atoms with Gasteiger partial charge in [-0.2, -0.15) is 0 Å². The number of amides is 2. The lowest BCUT2D eigenvalue weighted by atomic mass is 9.87. The molecule has 3 N–H and O–H groups in total. The quantitative estimate of drug-likeness (QED) is 0.781. The van der Waals surface area contributed by atoms with Crippen molar-refractivity contribution in [1.82, 2.24) is 10.2 Å². The molecule has 0 bridgehead atoms. The molecule has 6 heteroatoms. The molecule has 0 saturated heterocycles. The van der Waals surface area contributed by atoms with E-state index in [1.165, 1.54) is 11.1 Å². The standard InChI is InChI=1S/C24H29N3O2.ClH/c1-15(2)21(25)24(29)27-14-17-9-4-6-12-19(17)22(27)23(28)26-20-13-7-10-16-8-3-5-11-18(16)20;/h3-6,8-9,11-12,15,20-22H,7,10,13-14,25H2,1-2H3,(H,26,28);1H/t20-,21+,22?;/m1./s1. The largest absolute Gasteiger partial charge is 0.347 e. The van der Waals surface area contributed by atoms with Gasteiger partial charge in [0, 0.05) is 6.54 Å².